The Morgan fingerprint density at radius 1 is 1.31 bits per heavy atom. The Morgan fingerprint density at radius 3 is 2.78 bits per heavy atom. The van der Waals surface area contributed by atoms with Gasteiger partial charge in [-0.2, -0.15) is 0 Å². The van der Waals surface area contributed by atoms with Gasteiger partial charge in [-0.05, 0) is 32.9 Å². The van der Waals surface area contributed by atoms with Crippen LogP contribution in [0.3, 0.4) is 0 Å². The van der Waals surface area contributed by atoms with Gasteiger partial charge in [-0.3, -0.25) is 14.4 Å². The van der Waals surface area contributed by atoms with E-state index in [1.807, 2.05) is 18.0 Å². The number of carbonyl (C=O) groups is 1. The summed E-state index contributed by atoms with van der Waals surface area (Å²) >= 11 is 0. The maximum atomic E-state index is 12.9. The number of rotatable bonds is 6. The zero-order valence-corrected chi connectivity index (χ0v) is 19.8. The molecular weight excluding hydrogens is 406 g/mol. The third kappa shape index (κ3) is 6.85. The van der Waals surface area contributed by atoms with Crippen LogP contribution in [0, 0.1) is 12.8 Å². The van der Waals surface area contributed by atoms with E-state index in [0.717, 1.165) is 18.8 Å². The van der Waals surface area contributed by atoms with Crippen LogP contribution in [-0.4, -0.2) is 74.7 Å². The maximum absolute atomic E-state index is 12.9. The summed E-state index contributed by atoms with van der Waals surface area (Å²) in [6.45, 7) is 9.16. The summed E-state index contributed by atoms with van der Waals surface area (Å²) in [5.41, 5.74) is 3.30. The van der Waals surface area contributed by atoms with E-state index in [0.29, 0.717) is 32.5 Å². The molecule has 0 unspecified atom stereocenters. The van der Waals surface area contributed by atoms with E-state index in [1.165, 1.54) is 11.1 Å². The molecule has 0 fully saturated rings. The molecule has 1 amide bonds. The minimum absolute atomic E-state index is 0.0522. The van der Waals surface area contributed by atoms with Crippen LogP contribution in [-0.2, 0) is 29.2 Å². The first kappa shape index (κ1) is 24.4. The van der Waals surface area contributed by atoms with Crippen molar-refractivity contribution in [2.45, 2.75) is 65.5 Å². The Bertz CT molecular complexity index is 854. The zero-order valence-electron chi connectivity index (χ0n) is 19.8. The monoisotopic (exact) mass is 443 g/mol. The number of aliphatic hydroxyl groups is 1. The fourth-order valence-electron chi connectivity index (χ4n) is 4.07. The van der Waals surface area contributed by atoms with E-state index in [1.54, 1.807) is 4.68 Å². The molecule has 2 heterocycles. The predicted molar refractivity (Wildman–Crippen MR) is 123 cm³/mol. The summed E-state index contributed by atoms with van der Waals surface area (Å²) in [5.74, 6) is 0.147. The highest BCUT2D eigenvalue weighted by Crippen LogP contribution is 2.18. The summed E-state index contributed by atoms with van der Waals surface area (Å²) in [5, 5.41) is 18.1. The van der Waals surface area contributed by atoms with Gasteiger partial charge in [0.1, 0.15) is 5.69 Å². The van der Waals surface area contributed by atoms with E-state index < -0.39 is 0 Å². The molecular formula is C24H37N5O3. The Labute approximate surface area is 191 Å². The van der Waals surface area contributed by atoms with Crippen LogP contribution in [0.2, 0.25) is 0 Å². The molecule has 3 atom stereocenters. The zero-order chi connectivity index (χ0) is 23.1. The van der Waals surface area contributed by atoms with Crippen molar-refractivity contribution in [2.24, 2.45) is 5.92 Å². The second kappa shape index (κ2) is 11.5. The number of carbonyl (C=O) groups excluding carboxylic acids is 1. The first-order valence-corrected chi connectivity index (χ1v) is 11.5. The first-order chi connectivity index (χ1) is 15.4. The molecule has 32 heavy (non-hydrogen) atoms. The number of hydrogen-bond donors (Lipinski definition) is 1. The molecule has 0 saturated heterocycles. The largest absolute Gasteiger partial charge is 0.394 e. The smallest absolute Gasteiger partial charge is 0.222 e. The van der Waals surface area contributed by atoms with Gasteiger partial charge in [0.2, 0.25) is 5.91 Å². The van der Waals surface area contributed by atoms with Gasteiger partial charge in [0, 0.05) is 38.5 Å². The molecule has 1 aromatic heterocycles. The number of hydrogen-bond acceptors (Lipinski definition) is 6. The highest BCUT2D eigenvalue weighted by Gasteiger charge is 2.28. The molecule has 0 spiro atoms. The fraction of sp³-hybridized carbons (Fsp3) is 0.625. The average Bonchev–Trinajstić information content (AvgIpc) is 3.23. The fourth-order valence-corrected chi connectivity index (χ4v) is 4.07. The number of amides is 1. The number of aliphatic hydroxyl groups excluding tert-OH is 1. The molecule has 176 valence electrons. The number of aromatic nitrogens is 3. The molecule has 0 aliphatic carbocycles. The molecule has 2 bridgehead atoms. The van der Waals surface area contributed by atoms with Crippen LogP contribution >= 0.6 is 0 Å². The minimum atomic E-state index is -0.224. The van der Waals surface area contributed by atoms with Crippen molar-refractivity contribution in [3.8, 4) is 0 Å². The van der Waals surface area contributed by atoms with Gasteiger partial charge in [-0.15, -0.1) is 5.10 Å². The molecule has 1 N–H and O–H groups in total. The van der Waals surface area contributed by atoms with Crippen LogP contribution in [0.15, 0.2) is 30.5 Å². The van der Waals surface area contributed by atoms with Crippen LogP contribution in [0.4, 0.5) is 0 Å². The number of ether oxygens (including phenoxy) is 1. The Balaban J connectivity index is 1.75. The lowest BCUT2D eigenvalue weighted by Gasteiger charge is -2.35. The first-order valence-electron chi connectivity index (χ1n) is 11.5. The third-order valence-corrected chi connectivity index (χ3v) is 6.11. The van der Waals surface area contributed by atoms with E-state index in [4.69, 9.17) is 4.74 Å². The lowest BCUT2D eigenvalue weighted by atomic mass is 10.0. The standard InChI is InChI=1S/C24H37N5O3/c1-18-7-9-21(10-8-18)13-27(4)15-23-19(2)12-29(20(3)16-30)24(31)6-5-11-28-14-22(17-32-23)25-26-28/h7-10,14,19-20,23,30H,5-6,11-13,15-17H2,1-4H3/t19-,20+,23+/m0/s1. The molecule has 3 rings (SSSR count). The van der Waals surface area contributed by atoms with Crippen LogP contribution in [0.1, 0.15) is 43.5 Å². The summed E-state index contributed by atoms with van der Waals surface area (Å²) < 4.78 is 8.10. The molecule has 1 aliphatic heterocycles. The summed E-state index contributed by atoms with van der Waals surface area (Å²) in [6, 6.07) is 8.34. The number of nitrogens with zero attached hydrogens (tertiary/aromatic N) is 5. The molecule has 1 aromatic carbocycles. The van der Waals surface area contributed by atoms with Crippen molar-refractivity contribution < 1.29 is 14.6 Å². The van der Waals surface area contributed by atoms with Gasteiger partial charge in [-0.1, -0.05) is 42.0 Å². The van der Waals surface area contributed by atoms with Crippen LogP contribution in [0.5, 0.6) is 0 Å². The van der Waals surface area contributed by atoms with Crippen molar-refractivity contribution in [2.75, 3.05) is 26.7 Å². The number of likely N-dealkylation sites (N-methyl/N-ethyl adjacent to an activating group) is 1. The second-order valence-electron chi connectivity index (χ2n) is 9.16. The van der Waals surface area contributed by atoms with E-state index in [-0.39, 0.29) is 30.6 Å². The maximum Gasteiger partial charge on any atom is 0.222 e. The number of benzene rings is 1. The van der Waals surface area contributed by atoms with Gasteiger partial charge in [0.05, 0.1) is 31.6 Å². The highest BCUT2D eigenvalue weighted by molar-refractivity contribution is 5.76. The summed E-state index contributed by atoms with van der Waals surface area (Å²) in [7, 11) is 2.09. The SMILES string of the molecule is Cc1ccc(CN(C)C[C@H]2OCc3cn(nn3)CCCC(=O)N([C@H](C)CO)C[C@@H]2C)cc1. The van der Waals surface area contributed by atoms with Crippen molar-refractivity contribution in [3.05, 3.63) is 47.3 Å². The van der Waals surface area contributed by atoms with Crippen molar-refractivity contribution in [1.82, 2.24) is 24.8 Å². The molecule has 1 aliphatic rings. The second-order valence-corrected chi connectivity index (χ2v) is 9.16. The molecule has 8 heteroatoms. The van der Waals surface area contributed by atoms with E-state index in [2.05, 4.69) is 60.4 Å². The normalized spacial score (nSPS) is 21.7. The van der Waals surface area contributed by atoms with E-state index >= 15 is 0 Å². The van der Waals surface area contributed by atoms with Crippen molar-refractivity contribution >= 4 is 5.91 Å². The topological polar surface area (TPSA) is 83.7 Å². The lowest BCUT2D eigenvalue weighted by molar-refractivity contribution is -0.136. The van der Waals surface area contributed by atoms with Gasteiger partial charge in [0.15, 0.2) is 0 Å². The Hall–Kier alpha value is -2.29. The number of aryl methyl sites for hydroxylation is 2. The van der Waals surface area contributed by atoms with Gasteiger partial charge < -0.3 is 14.7 Å². The molecule has 8 nitrogen and oxygen atoms in total. The van der Waals surface area contributed by atoms with Gasteiger partial charge in [0.25, 0.3) is 0 Å². The average molecular weight is 444 g/mol. The van der Waals surface area contributed by atoms with Crippen LogP contribution < -0.4 is 0 Å². The Morgan fingerprint density at radius 2 is 2.06 bits per heavy atom. The summed E-state index contributed by atoms with van der Waals surface area (Å²) in [6.07, 6.45) is 2.91. The van der Waals surface area contributed by atoms with Crippen molar-refractivity contribution in [3.63, 3.8) is 0 Å². The quantitative estimate of drug-likeness (QED) is 0.737. The molecule has 2 aromatic rings. The van der Waals surface area contributed by atoms with Gasteiger partial charge >= 0.3 is 0 Å². The third-order valence-electron chi connectivity index (χ3n) is 6.11. The predicted octanol–water partition coefficient (Wildman–Crippen LogP) is 2.24. The minimum Gasteiger partial charge on any atom is -0.394 e. The van der Waals surface area contributed by atoms with E-state index in [9.17, 15) is 9.90 Å². The molecule has 0 saturated carbocycles. The van der Waals surface area contributed by atoms with Crippen LogP contribution in [0.25, 0.3) is 0 Å². The number of fused-ring (bicyclic) bond motifs is 2. The van der Waals surface area contributed by atoms with Gasteiger partial charge in [-0.25, -0.2) is 0 Å². The van der Waals surface area contributed by atoms with Crippen molar-refractivity contribution in [1.29, 1.82) is 0 Å². The Kier molecular flexibility index (Phi) is 8.78. The highest BCUT2D eigenvalue weighted by atomic mass is 16.5. The molecule has 0 radical (unpaired) electrons. The summed E-state index contributed by atoms with van der Waals surface area (Å²) in [4.78, 5) is 17.0. The lowest BCUT2D eigenvalue weighted by Crippen LogP contribution is -2.47.